The maximum absolute atomic E-state index is 4.51. The SMILES string of the molecule is CCN(CC)c1ncnc2c1NC(C)(C)c1cnc(C)n1-2. The first kappa shape index (κ1) is 13.9. The third-order valence-corrected chi connectivity index (χ3v) is 4.10. The first-order valence-corrected chi connectivity index (χ1v) is 7.43. The molecule has 1 aliphatic heterocycles. The number of aryl methyl sites for hydroxylation is 1. The number of fused-ring (bicyclic) bond motifs is 3. The van der Waals surface area contributed by atoms with Crippen LogP contribution in [0.2, 0.25) is 0 Å². The van der Waals surface area contributed by atoms with E-state index in [1.807, 2.05) is 13.1 Å². The average Bonchev–Trinajstić information content (AvgIpc) is 2.84. The zero-order valence-electron chi connectivity index (χ0n) is 13.3. The van der Waals surface area contributed by atoms with Gasteiger partial charge in [-0.3, -0.25) is 4.57 Å². The summed E-state index contributed by atoms with van der Waals surface area (Å²) in [6, 6.07) is 0. The van der Waals surface area contributed by atoms with Crippen LogP contribution in [-0.2, 0) is 5.54 Å². The zero-order valence-corrected chi connectivity index (χ0v) is 13.3. The lowest BCUT2D eigenvalue weighted by Crippen LogP contribution is -2.37. The molecule has 1 aliphatic rings. The summed E-state index contributed by atoms with van der Waals surface area (Å²) in [4.78, 5) is 15.7. The molecule has 3 rings (SSSR count). The van der Waals surface area contributed by atoms with E-state index in [4.69, 9.17) is 0 Å². The van der Waals surface area contributed by atoms with Crippen molar-refractivity contribution in [2.75, 3.05) is 23.3 Å². The Bertz CT molecular complexity index is 669. The standard InChI is InChI=1S/C15H22N6/c1-6-20(7-2)13-12-14(18-9-17-13)21-10(3)16-8-11(21)15(4,5)19-12/h8-9,19H,6-7H2,1-5H3. The third-order valence-electron chi connectivity index (χ3n) is 4.10. The second-order valence-corrected chi connectivity index (χ2v) is 5.84. The van der Waals surface area contributed by atoms with Crippen LogP contribution in [0.15, 0.2) is 12.5 Å². The van der Waals surface area contributed by atoms with Crippen molar-refractivity contribution in [1.29, 1.82) is 0 Å². The normalized spacial score (nSPS) is 15.1. The summed E-state index contributed by atoms with van der Waals surface area (Å²) < 4.78 is 2.13. The molecule has 0 radical (unpaired) electrons. The lowest BCUT2D eigenvalue weighted by Gasteiger charge is -2.36. The molecule has 0 fully saturated rings. The van der Waals surface area contributed by atoms with Crippen molar-refractivity contribution in [2.24, 2.45) is 0 Å². The highest BCUT2D eigenvalue weighted by molar-refractivity contribution is 5.76. The van der Waals surface area contributed by atoms with Crippen molar-refractivity contribution < 1.29 is 0 Å². The molecule has 0 aliphatic carbocycles. The molecule has 6 nitrogen and oxygen atoms in total. The molecule has 0 aromatic carbocycles. The van der Waals surface area contributed by atoms with Crippen molar-refractivity contribution >= 4 is 11.5 Å². The summed E-state index contributed by atoms with van der Waals surface area (Å²) in [7, 11) is 0. The lowest BCUT2D eigenvalue weighted by molar-refractivity contribution is 0.551. The van der Waals surface area contributed by atoms with E-state index >= 15 is 0 Å². The van der Waals surface area contributed by atoms with Gasteiger partial charge < -0.3 is 10.2 Å². The molecule has 0 saturated carbocycles. The van der Waals surface area contributed by atoms with E-state index in [-0.39, 0.29) is 5.54 Å². The second-order valence-electron chi connectivity index (χ2n) is 5.84. The highest BCUT2D eigenvalue weighted by atomic mass is 15.3. The first-order chi connectivity index (χ1) is 9.99. The molecule has 6 heteroatoms. The predicted molar refractivity (Wildman–Crippen MR) is 84.1 cm³/mol. The molecule has 0 atom stereocenters. The van der Waals surface area contributed by atoms with Gasteiger partial charge in [-0.2, -0.15) is 0 Å². The van der Waals surface area contributed by atoms with Gasteiger partial charge in [-0.25, -0.2) is 15.0 Å². The molecule has 0 bridgehead atoms. The van der Waals surface area contributed by atoms with E-state index in [1.54, 1.807) is 6.33 Å². The smallest absolute Gasteiger partial charge is 0.167 e. The molecule has 0 spiro atoms. The van der Waals surface area contributed by atoms with Crippen LogP contribution in [0.25, 0.3) is 5.82 Å². The van der Waals surface area contributed by atoms with Gasteiger partial charge in [0.25, 0.3) is 0 Å². The van der Waals surface area contributed by atoms with Gasteiger partial charge in [-0.05, 0) is 34.6 Å². The summed E-state index contributed by atoms with van der Waals surface area (Å²) in [6.45, 7) is 12.4. The molecule has 2 aromatic heterocycles. The number of nitrogens with one attached hydrogen (secondary N) is 1. The van der Waals surface area contributed by atoms with E-state index < -0.39 is 0 Å². The fourth-order valence-electron chi connectivity index (χ4n) is 2.94. The molecule has 0 unspecified atom stereocenters. The van der Waals surface area contributed by atoms with Gasteiger partial charge in [0.2, 0.25) is 0 Å². The zero-order chi connectivity index (χ0) is 15.2. The van der Waals surface area contributed by atoms with Crippen molar-refractivity contribution in [3.63, 3.8) is 0 Å². The summed E-state index contributed by atoms with van der Waals surface area (Å²) in [5, 5.41) is 3.60. The highest BCUT2D eigenvalue weighted by Crippen LogP contribution is 2.40. The number of rotatable bonds is 3. The number of aromatic nitrogens is 4. The quantitative estimate of drug-likeness (QED) is 0.939. The number of imidazole rings is 1. The van der Waals surface area contributed by atoms with Gasteiger partial charge >= 0.3 is 0 Å². The molecule has 0 amide bonds. The molecule has 3 heterocycles. The lowest BCUT2D eigenvalue weighted by atomic mass is 9.98. The highest BCUT2D eigenvalue weighted by Gasteiger charge is 2.35. The minimum atomic E-state index is -0.207. The Hall–Kier alpha value is -2.11. The van der Waals surface area contributed by atoms with Gasteiger partial charge in [0.05, 0.1) is 17.4 Å². The Morgan fingerprint density at radius 1 is 1.19 bits per heavy atom. The summed E-state index contributed by atoms with van der Waals surface area (Å²) >= 11 is 0. The molecule has 112 valence electrons. The maximum Gasteiger partial charge on any atom is 0.167 e. The maximum atomic E-state index is 4.51. The molecule has 21 heavy (non-hydrogen) atoms. The molecule has 0 saturated heterocycles. The minimum Gasteiger partial charge on any atom is -0.368 e. The van der Waals surface area contributed by atoms with Crippen LogP contribution in [-0.4, -0.2) is 32.6 Å². The molecular formula is C15H22N6. The Balaban J connectivity index is 2.26. The van der Waals surface area contributed by atoms with Gasteiger partial charge in [0, 0.05) is 13.1 Å². The third kappa shape index (κ3) is 1.97. The van der Waals surface area contributed by atoms with E-state index in [9.17, 15) is 0 Å². The minimum absolute atomic E-state index is 0.207. The largest absolute Gasteiger partial charge is 0.368 e. The predicted octanol–water partition coefficient (Wildman–Crippen LogP) is 2.48. The monoisotopic (exact) mass is 286 g/mol. The fourth-order valence-corrected chi connectivity index (χ4v) is 2.94. The van der Waals surface area contributed by atoms with Gasteiger partial charge in [0.15, 0.2) is 11.6 Å². The molecule has 1 N–H and O–H groups in total. The Labute approximate surface area is 125 Å². The fraction of sp³-hybridized carbons (Fsp3) is 0.533. The average molecular weight is 286 g/mol. The number of anilines is 2. The van der Waals surface area contributed by atoms with Gasteiger partial charge in [-0.1, -0.05) is 0 Å². The second kappa shape index (κ2) is 4.72. The van der Waals surface area contributed by atoms with E-state index in [0.717, 1.165) is 41.9 Å². The number of hydrogen-bond donors (Lipinski definition) is 1. The van der Waals surface area contributed by atoms with Gasteiger partial charge in [-0.15, -0.1) is 0 Å². The van der Waals surface area contributed by atoms with Crippen LogP contribution < -0.4 is 10.2 Å². The van der Waals surface area contributed by atoms with E-state index in [0.29, 0.717) is 0 Å². The molecular weight excluding hydrogens is 264 g/mol. The Kier molecular flexibility index (Phi) is 3.11. The number of nitrogens with zero attached hydrogens (tertiary/aromatic N) is 5. The molecule has 2 aromatic rings. The first-order valence-electron chi connectivity index (χ1n) is 7.43. The summed E-state index contributed by atoms with van der Waals surface area (Å²) in [5.41, 5.74) is 1.90. The Morgan fingerprint density at radius 2 is 1.90 bits per heavy atom. The van der Waals surface area contributed by atoms with Crippen LogP contribution in [0.3, 0.4) is 0 Å². The van der Waals surface area contributed by atoms with Crippen LogP contribution in [0.1, 0.15) is 39.2 Å². The van der Waals surface area contributed by atoms with Crippen LogP contribution in [0.4, 0.5) is 11.5 Å². The van der Waals surface area contributed by atoms with Crippen LogP contribution in [0, 0.1) is 6.92 Å². The van der Waals surface area contributed by atoms with E-state index in [1.165, 1.54) is 0 Å². The topological polar surface area (TPSA) is 58.9 Å². The van der Waals surface area contributed by atoms with Crippen molar-refractivity contribution in [2.45, 2.75) is 40.2 Å². The van der Waals surface area contributed by atoms with Crippen molar-refractivity contribution in [1.82, 2.24) is 19.5 Å². The van der Waals surface area contributed by atoms with Crippen LogP contribution in [0.5, 0.6) is 0 Å². The van der Waals surface area contributed by atoms with Crippen molar-refractivity contribution in [3.8, 4) is 5.82 Å². The van der Waals surface area contributed by atoms with Crippen LogP contribution >= 0.6 is 0 Å². The Morgan fingerprint density at radius 3 is 2.57 bits per heavy atom. The number of hydrogen-bond acceptors (Lipinski definition) is 5. The van der Waals surface area contributed by atoms with Gasteiger partial charge in [0.1, 0.15) is 17.8 Å². The van der Waals surface area contributed by atoms with Crippen molar-refractivity contribution in [3.05, 3.63) is 24.0 Å². The summed E-state index contributed by atoms with van der Waals surface area (Å²) in [5.74, 6) is 2.79. The summed E-state index contributed by atoms with van der Waals surface area (Å²) in [6.07, 6.45) is 3.56. The van der Waals surface area contributed by atoms with E-state index in [2.05, 4.69) is 57.4 Å².